The van der Waals surface area contributed by atoms with Gasteiger partial charge in [0.1, 0.15) is 119 Å². The second kappa shape index (κ2) is 57.8. The number of aliphatic hydroxyl groups excluding tert-OH is 4. The van der Waals surface area contributed by atoms with Crippen LogP contribution in [0.4, 0.5) is 4.39 Å². The molecule has 144 heavy (non-hydrogen) atoms. The molecule has 0 spiro atoms. The highest BCUT2D eigenvalue weighted by atomic mass is 19.1. The van der Waals surface area contributed by atoms with Gasteiger partial charge in [0.15, 0.2) is 0 Å². The standard InChI is InChI=1S/C28H50N2O7.C27H48N2O7.C27H50N2O7.C26H46FNO7/c1-10-22-28(8,34)25(32)18(4)23(30-37-21-12-11-13-29-15-21)16(2)14-27(7,35-9)20(6)17(3)24(31)19(5)26(33)36-22;1-10-21-27(8,33)24(31)17(4)22(29-36-20-11-12-28-14-20)15(2)13-26(7,34-9)19(6)16(3)23(30)18(5)25(32)35-21;1-12-21-27(8,33)24(31)18(4)22(28-35-14-13-29(9)10)16(2)15-26(7,34-11)20(6)17(3)23(30)19(5)25(32)36-21;1-10-20-26(8,32)23(30)17(4)21(28-34-13-11-12-27)15(2)14-25(7,33-9)19(6)16(3)22(29)18(5)24(31)35-20/h16-22,25,29,32,34H,10-15H2,1-9H3;15-21,24,28,31,33H,10-14H2,1-9H3;16-21,24,31,33H,12-15H2,1-11H3;15-20,23,30,32H,10-14H2,1-9H3/t16-,17-,18+,19-,20-,21?,22-,25-,27-,28-;15-,16-,17+,18-,19-,20?,21-,24-,26-,27-;16-,17-,18+,19-,20-,21-,24-,26-,27-;15-,16-,17+,18-,19-,20-,23-,25-,26-/m1111/s1. The first-order valence-electron chi connectivity index (χ1n) is 52.9. The molecule has 6 aliphatic rings. The van der Waals surface area contributed by atoms with Crippen LogP contribution < -0.4 is 10.6 Å². The third-order valence-electron chi connectivity index (χ3n) is 34.0. The van der Waals surface area contributed by atoms with E-state index < -0.39 is 195 Å². The third kappa shape index (κ3) is 33.4. The van der Waals surface area contributed by atoms with Gasteiger partial charge in [-0.05, 0) is 198 Å². The number of halogens is 1. The molecule has 0 bridgehead atoms. The van der Waals surface area contributed by atoms with Crippen molar-refractivity contribution in [2.24, 2.45) is 139 Å². The number of nitrogens with zero attached hydrogens (tertiary/aromatic N) is 5. The quantitative estimate of drug-likeness (QED) is 0.0178. The van der Waals surface area contributed by atoms with Gasteiger partial charge in [-0.3, -0.25) is 42.7 Å². The molecule has 10 N–H and O–H groups in total. The molecule has 0 aromatic carbocycles. The fourth-order valence-corrected chi connectivity index (χ4v) is 21.6. The topological polar surface area (TPSA) is 486 Å². The van der Waals surface area contributed by atoms with Crippen LogP contribution in [0.5, 0.6) is 0 Å². The molecular weight excluding hydrogens is 1860 g/mol. The van der Waals surface area contributed by atoms with Crippen molar-refractivity contribution in [1.82, 2.24) is 15.5 Å². The average Bonchev–Trinajstić information content (AvgIpc) is 0.802. The molecular formula is C108H194FN7O28. The van der Waals surface area contributed by atoms with Gasteiger partial charge >= 0.3 is 23.9 Å². The van der Waals surface area contributed by atoms with Gasteiger partial charge in [-0.1, -0.05) is 159 Å². The first-order valence-corrected chi connectivity index (χ1v) is 52.9. The third-order valence-corrected chi connectivity index (χ3v) is 34.0. The number of esters is 4. The number of alkyl halides is 1. The van der Waals surface area contributed by atoms with Gasteiger partial charge in [0.2, 0.25) is 0 Å². The van der Waals surface area contributed by atoms with Crippen LogP contribution in [0, 0.1) is 118 Å². The second-order valence-electron chi connectivity index (χ2n) is 44.8. The van der Waals surface area contributed by atoms with E-state index in [9.17, 15) is 83.6 Å². The number of hydrogen-bond acceptors (Lipinski definition) is 35. The molecule has 0 amide bonds. The van der Waals surface area contributed by atoms with Gasteiger partial charge in [0, 0.05) is 132 Å². The molecule has 6 rings (SSSR count). The van der Waals surface area contributed by atoms with Crippen LogP contribution in [-0.4, -0.2) is 317 Å². The minimum absolute atomic E-state index is 0.0705. The van der Waals surface area contributed by atoms with E-state index in [1.807, 2.05) is 123 Å². The van der Waals surface area contributed by atoms with Crippen molar-refractivity contribution in [2.75, 3.05) is 95.1 Å². The molecule has 35 nitrogen and oxygen atoms in total. The molecule has 0 saturated carbocycles. The Hall–Kier alpha value is -6.23. The van der Waals surface area contributed by atoms with E-state index in [4.69, 9.17) is 57.2 Å². The molecule has 38 atom stereocenters. The zero-order chi connectivity index (χ0) is 111. The summed E-state index contributed by atoms with van der Waals surface area (Å²) < 4.78 is 58.9. The van der Waals surface area contributed by atoms with E-state index in [1.165, 1.54) is 55.4 Å². The van der Waals surface area contributed by atoms with Crippen LogP contribution in [0.3, 0.4) is 0 Å². The van der Waals surface area contributed by atoms with E-state index in [2.05, 4.69) is 31.3 Å². The van der Waals surface area contributed by atoms with Crippen molar-refractivity contribution in [3.05, 3.63) is 0 Å². The number of piperidine rings is 1. The Morgan fingerprint density at radius 3 is 0.806 bits per heavy atom. The number of nitrogens with one attached hydrogen (secondary N) is 2. The number of cyclic esters (lactones) is 4. The number of likely N-dealkylation sites (N-methyl/N-ethyl adjacent to an activating group) is 1. The maximum absolute atomic E-state index is 13.3. The normalized spacial score (nSPS) is 42.8. The molecule has 36 heteroatoms. The Kier molecular flexibility index (Phi) is 53.0. The Bertz CT molecular complexity index is 4140. The molecule has 836 valence electrons. The molecule has 0 aromatic rings. The van der Waals surface area contributed by atoms with Gasteiger partial charge in [-0.2, -0.15) is 0 Å². The van der Waals surface area contributed by atoms with E-state index in [0.29, 0.717) is 74.8 Å². The zero-order valence-electron chi connectivity index (χ0n) is 94.8. The van der Waals surface area contributed by atoms with Crippen molar-refractivity contribution in [1.29, 1.82) is 0 Å². The molecule has 6 aliphatic heterocycles. The summed E-state index contributed by atoms with van der Waals surface area (Å²) in [5.41, 5.74) is -7.92. The van der Waals surface area contributed by atoms with Gasteiger partial charge < -0.3 is 114 Å². The van der Waals surface area contributed by atoms with Crippen molar-refractivity contribution in [3.63, 3.8) is 0 Å². The van der Waals surface area contributed by atoms with E-state index >= 15 is 0 Å². The number of methoxy groups -OCH3 is 4. The first kappa shape index (κ1) is 132. The summed E-state index contributed by atoms with van der Waals surface area (Å²) in [5.74, 6) is -14.2. The lowest BCUT2D eigenvalue weighted by Crippen LogP contribution is -2.56. The lowest BCUT2D eigenvalue weighted by atomic mass is 9.71. The lowest BCUT2D eigenvalue weighted by molar-refractivity contribution is -0.187. The summed E-state index contributed by atoms with van der Waals surface area (Å²) >= 11 is 0. The molecule has 2 unspecified atom stereocenters. The number of rotatable bonds is 20. The Morgan fingerprint density at radius 1 is 0.361 bits per heavy atom. The monoisotopic (exact) mass is 2060 g/mol. The Morgan fingerprint density at radius 2 is 0.597 bits per heavy atom. The van der Waals surface area contributed by atoms with Gasteiger partial charge in [0.05, 0.1) is 76.3 Å². The summed E-state index contributed by atoms with van der Waals surface area (Å²) in [6.07, 6.45) is -3.68. The fraction of sp³-hybridized carbons (Fsp3) is 0.889. The number of carbonyl (C=O) groups excluding carboxylic acids is 8. The summed E-state index contributed by atoms with van der Waals surface area (Å²) in [5, 5.41) is 115. The molecule has 0 aliphatic carbocycles. The summed E-state index contributed by atoms with van der Waals surface area (Å²) in [6.45, 7) is 60.4. The Labute approximate surface area is 860 Å². The second-order valence-corrected chi connectivity index (χ2v) is 44.8. The minimum atomic E-state index is -1.83. The summed E-state index contributed by atoms with van der Waals surface area (Å²) in [6, 6.07) is 0. The highest BCUT2D eigenvalue weighted by molar-refractivity contribution is 6.02. The Balaban J connectivity index is 0.000000494. The number of oxime groups is 4. The van der Waals surface area contributed by atoms with Crippen LogP contribution in [-0.2, 0) is 95.6 Å². The van der Waals surface area contributed by atoms with Crippen LogP contribution in [0.2, 0.25) is 0 Å². The van der Waals surface area contributed by atoms with Gasteiger partial charge in [-0.15, -0.1) is 0 Å². The summed E-state index contributed by atoms with van der Waals surface area (Å²) in [4.78, 5) is 130. The lowest BCUT2D eigenvalue weighted by Gasteiger charge is -2.43. The van der Waals surface area contributed by atoms with Gasteiger partial charge in [-0.25, -0.2) is 0 Å². The predicted molar refractivity (Wildman–Crippen MR) is 551 cm³/mol. The summed E-state index contributed by atoms with van der Waals surface area (Å²) in [7, 11) is 10.3. The smallest absolute Gasteiger partial charge is 0.316 e. The van der Waals surface area contributed by atoms with E-state index in [1.54, 1.807) is 90.8 Å². The average molecular weight is 2060 g/mol. The maximum Gasteiger partial charge on any atom is 0.316 e. The van der Waals surface area contributed by atoms with Gasteiger partial charge in [0.25, 0.3) is 0 Å². The molecule has 0 radical (unpaired) electrons. The van der Waals surface area contributed by atoms with Crippen molar-refractivity contribution in [2.45, 2.75) is 404 Å². The van der Waals surface area contributed by atoms with Crippen LogP contribution in [0.15, 0.2) is 20.6 Å². The minimum Gasteiger partial charge on any atom is -0.459 e. The molecule has 6 heterocycles. The zero-order valence-corrected chi connectivity index (χ0v) is 94.8. The van der Waals surface area contributed by atoms with E-state index in [-0.39, 0.29) is 121 Å². The highest BCUT2D eigenvalue weighted by Crippen LogP contribution is 2.45. The maximum atomic E-state index is 13.3. The fourth-order valence-electron chi connectivity index (χ4n) is 21.6. The van der Waals surface area contributed by atoms with Crippen LogP contribution in [0.1, 0.15) is 299 Å². The van der Waals surface area contributed by atoms with Crippen molar-refractivity contribution >= 4 is 69.9 Å². The van der Waals surface area contributed by atoms with Crippen LogP contribution in [0.25, 0.3) is 0 Å². The number of Topliss-reactive ketones (excluding diaryl/α,β-unsaturated/α-hetero) is 4. The van der Waals surface area contributed by atoms with Crippen molar-refractivity contribution < 1.29 is 141 Å². The number of ether oxygens (including phenoxy) is 8. The number of carbonyl (C=O) groups is 8. The number of ketones is 4. The SMILES string of the molecule is CC[C@H]1OC(=O)[C@H](C)C(=O)[C@H](C)[C@@H](C)[C@](C)(OC)C[C@@H](C)C(=NOC2CCCNC2)[C@H](C)[C@@H](O)[C@]1(C)O.CC[C@H]1OC(=O)[C@H](C)C(=O)[C@H](C)[C@@H](C)[C@](C)(OC)C[C@@H](C)C(=NOC2CCNC2)[C@H](C)[C@@H](O)[C@]1(C)O.CC[C@H]1OC(=O)[C@H](C)C(=O)[C@H](C)[C@@H](C)[C@](C)(OC)C[C@@H](C)C(=NOCCCF)[C@H](C)[C@@H](O)[C@]1(C)O.CC[C@H]1OC(=O)[C@H](C)C(=O)[C@H](C)[C@@H](C)[C@](C)(OC)C[C@@H](C)C(=NOCCN(C)C)[C@H](C)[C@@H](O)[C@]1(C)O. The largest absolute Gasteiger partial charge is 0.459 e. The number of aliphatic hydroxyl groups is 8. The number of hydrogen-bond donors (Lipinski definition) is 10. The van der Waals surface area contributed by atoms with Crippen molar-refractivity contribution in [3.8, 4) is 0 Å². The predicted octanol–water partition coefficient (Wildman–Crippen LogP) is 12.4. The first-order chi connectivity index (χ1) is 66.6. The van der Waals surface area contributed by atoms with E-state index in [0.717, 1.165) is 32.4 Å². The van der Waals surface area contributed by atoms with Crippen LogP contribution >= 0.6 is 0 Å². The highest BCUT2D eigenvalue weighted by Gasteiger charge is 2.56. The molecule has 6 fully saturated rings. The molecule has 0 aromatic heterocycles. The molecule has 6 saturated heterocycles.